The molecule has 0 aliphatic heterocycles. The standard InChI is InChI=1S/C46H62N10O11/c1-5-7-23-67-45-54-40(47)39-41(55-45)56(46(63)53-39)29-32-13-16-33(17-14-32)42(60)48-21-24-64-26-27-65-25-22-49-43(61)34(18-20-37(59)66-6-2)51-44(62)38(30(3)4)52-36(58)28-50-35(57)19-15-31-11-9-8-10-12-31/h8-17,19,30,34,38H,5-7,18,20-29H2,1-4H3,(H,48,60)(H,49,61)(H,50,57)(H,51,62)(H,52,58)(H,53,63)(H2,47,54,55)/b19-15+/t34-,38?/m1/s1. The van der Waals surface area contributed by atoms with Crippen LogP contribution < -0.4 is 42.7 Å². The van der Waals surface area contributed by atoms with Gasteiger partial charge in [-0.2, -0.15) is 9.97 Å². The highest BCUT2D eigenvalue weighted by Crippen LogP contribution is 2.19. The Morgan fingerprint density at radius 3 is 2.21 bits per heavy atom. The summed E-state index contributed by atoms with van der Waals surface area (Å²) < 4.78 is 23.1. The molecule has 2 atom stereocenters. The number of ether oxygens (including phenoxy) is 4. The van der Waals surface area contributed by atoms with Gasteiger partial charge >= 0.3 is 17.7 Å². The molecule has 0 aliphatic carbocycles. The Bertz CT molecular complexity index is 2330. The van der Waals surface area contributed by atoms with Crippen LogP contribution in [0.1, 0.15) is 74.9 Å². The molecule has 2 aromatic heterocycles. The van der Waals surface area contributed by atoms with Crippen molar-refractivity contribution >= 4 is 58.6 Å². The number of nitrogens with two attached hydrogens (primary N) is 1. The van der Waals surface area contributed by atoms with Gasteiger partial charge in [-0.3, -0.25) is 33.3 Å². The maximum Gasteiger partial charge on any atom is 0.328 e. The van der Waals surface area contributed by atoms with E-state index in [9.17, 15) is 33.6 Å². The van der Waals surface area contributed by atoms with Gasteiger partial charge in [0.15, 0.2) is 11.5 Å². The third-order valence-electron chi connectivity index (χ3n) is 9.86. The molecule has 67 heavy (non-hydrogen) atoms. The summed E-state index contributed by atoms with van der Waals surface area (Å²) in [5.74, 6) is -3.45. The number of anilines is 1. The Kier molecular flexibility index (Phi) is 22.0. The number of rotatable bonds is 29. The number of carbonyl (C=O) groups is 6. The fourth-order valence-corrected chi connectivity index (χ4v) is 6.27. The van der Waals surface area contributed by atoms with Gasteiger partial charge in [0.25, 0.3) is 5.91 Å². The number of benzene rings is 2. The first-order valence-electron chi connectivity index (χ1n) is 22.2. The fraction of sp³-hybridized carbons (Fsp3) is 0.457. The maximum absolute atomic E-state index is 13.4. The average molecular weight is 931 g/mol. The van der Waals surface area contributed by atoms with E-state index in [1.54, 1.807) is 51.1 Å². The van der Waals surface area contributed by atoms with E-state index in [-0.39, 0.29) is 89.8 Å². The Labute approximate surface area is 388 Å². The van der Waals surface area contributed by atoms with Crippen molar-refractivity contribution in [3.05, 3.63) is 87.8 Å². The van der Waals surface area contributed by atoms with E-state index in [1.807, 2.05) is 37.3 Å². The van der Waals surface area contributed by atoms with Crippen molar-refractivity contribution in [1.82, 2.24) is 46.1 Å². The van der Waals surface area contributed by atoms with E-state index >= 15 is 0 Å². The van der Waals surface area contributed by atoms with Crippen molar-refractivity contribution in [3.63, 3.8) is 0 Å². The molecule has 0 spiro atoms. The average Bonchev–Trinajstić information content (AvgIpc) is 3.63. The summed E-state index contributed by atoms with van der Waals surface area (Å²) >= 11 is 0. The number of hydrogen-bond acceptors (Lipinski definition) is 14. The molecule has 0 aliphatic rings. The number of aromatic nitrogens is 4. The Balaban J connectivity index is 1.14. The molecule has 2 heterocycles. The number of unbranched alkanes of at least 4 members (excludes halogenated alkanes) is 1. The highest BCUT2D eigenvalue weighted by Gasteiger charge is 2.29. The van der Waals surface area contributed by atoms with Crippen LogP contribution >= 0.6 is 0 Å². The molecular weight excluding hydrogens is 869 g/mol. The van der Waals surface area contributed by atoms with Crippen LogP contribution in [0.25, 0.3) is 17.2 Å². The van der Waals surface area contributed by atoms with Crippen molar-refractivity contribution in [3.8, 4) is 6.01 Å². The molecule has 4 aromatic rings. The summed E-state index contributed by atoms with van der Waals surface area (Å²) in [6.07, 6.45) is 4.44. The Morgan fingerprint density at radius 1 is 0.836 bits per heavy atom. The van der Waals surface area contributed by atoms with Gasteiger partial charge in [-0.05, 0) is 55.0 Å². The molecule has 5 amide bonds. The molecule has 0 radical (unpaired) electrons. The van der Waals surface area contributed by atoms with Gasteiger partial charge in [0, 0.05) is 31.1 Å². The number of fused-ring (bicyclic) bond motifs is 1. The van der Waals surface area contributed by atoms with Gasteiger partial charge < -0.3 is 56.2 Å². The number of hydrogen-bond donors (Lipinski definition) is 7. The molecule has 1 unspecified atom stereocenters. The van der Waals surface area contributed by atoms with Crippen LogP contribution in [-0.4, -0.2) is 126 Å². The van der Waals surface area contributed by atoms with Crippen LogP contribution in [0.2, 0.25) is 0 Å². The summed E-state index contributed by atoms with van der Waals surface area (Å²) in [7, 11) is 0. The number of esters is 1. The summed E-state index contributed by atoms with van der Waals surface area (Å²) in [5, 5.41) is 13.2. The van der Waals surface area contributed by atoms with Crippen molar-refractivity contribution < 1.29 is 47.7 Å². The highest BCUT2D eigenvalue weighted by atomic mass is 16.5. The van der Waals surface area contributed by atoms with Gasteiger partial charge in [0.1, 0.15) is 17.6 Å². The summed E-state index contributed by atoms with van der Waals surface area (Å²) in [6.45, 7) is 8.52. The first-order chi connectivity index (χ1) is 32.3. The number of nitrogens with one attached hydrogen (secondary N) is 6. The topological polar surface area (TPSA) is 289 Å². The van der Waals surface area contributed by atoms with Gasteiger partial charge in [-0.25, -0.2) is 4.79 Å². The minimum Gasteiger partial charge on any atom is -0.466 e. The highest BCUT2D eigenvalue weighted by molar-refractivity contribution is 5.96. The SMILES string of the molecule is CCCCOc1nc(N)c2[nH]c(=O)n(Cc3ccc(C(=O)NCCOCCOCCNC(=O)[C@@H](CCC(=O)OCC)NC(=O)C(NC(=O)CNC(=O)/C=C/c4ccccc4)C(C)C)cc3)c2n1. The molecular formula is C46H62N10O11. The maximum atomic E-state index is 13.4. The van der Waals surface area contributed by atoms with E-state index in [0.29, 0.717) is 23.3 Å². The predicted octanol–water partition coefficient (Wildman–Crippen LogP) is 1.61. The Hall–Kier alpha value is -7.13. The first-order valence-corrected chi connectivity index (χ1v) is 22.2. The second kappa shape index (κ2) is 28.0. The van der Waals surface area contributed by atoms with Crippen LogP contribution in [0.15, 0.2) is 65.5 Å². The number of H-pyrrole nitrogens is 1. The second-order valence-corrected chi connectivity index (χ2v) is 15.4. The summed E-state index contributed by atoms with van der Waals surface area (Å²) in [5.41, 5.74) is 8.25. The lowest BCUT2D eigenvalue weighted by atomic mass is 10.0. The summed E-state index contributed by atoms with van der Waals surface area (Å²) in [6, 6.07) is 13.8. The summed E-state index contributed by atoms with van der Waals surface area (Å²) in [4.78, 5) is 100. The van der Waals surface area contributed by atoms with E-state index in [0.717, 1.165) is 24.0 Å². The van der Waals surface area contributed by atoms with E-state index in [2.05, 4.69) is 41.5 Å². The molecule has 2 aromatic carbocycles. The molecule has 21 heteroatoms. The molecule has 362 valence electrons. The lowest BCUT2D eigenvalue weighted by molar-refractivity contribution is -0.143. The van der Waals surface area contributed by atoms with Crippen LogP contribution in [0.5, 0.6) is 6.01 Å². The normalized spacial score (nSPS) is 12.1. The van der Waals surface area contributed by atoms with Crippen molar-refractivity contribution in [2.45, 2.75) is 72.0 Å². The number of carbonyl (C=O) groups excluding carboxylic acids is 6. The van der Waals surface area contributed by atoms with E-state index < -0.39 is 53.3 Å². The lowest BCUT2D eigenvalue weighted by Crippen LogP contribution is -2.56. The minimum absolute atomic E-state index is 0.0628. The van der Waals surface area contributed by atoms with Crippen molar-refractivity contribution in [2.75, 3.05) is 65.0 Å². The first kappa shape index (κ1) is 52.5. The number of amides is 5. The van der Waals surface area contributed by atoms with Gasteiger partial charge in [0.2, 0.25) is 23.6 Å². The van der Waals surface area contributed by atoms with Crippen molar-refractivity contribution in [2.24, 2.45) is 5.92 Å². The van der Waals surface area contributed by atoms with E-state index in [1.165, 1.54) is 10.6 Å². The quantitative estimate of drug-likeness (QED) is 0.0232. The van der Waals surface area contributed by atoms with Gasteiger partial charge in [-0.1, -0.05) is 69.7 Å². The van der Waals surface area contributed by atoms with Crippen LogP contribution in [0, 0.1) is 5.92 Å². The Morgan fingerprint density at radius 2 is 1.54 bits per heavy atom. The van der Waals surface area contributed by atoms with Crippen LogP contribution in [-0.2, 0) is 44.7 Å². The molecule has 8 N–H and O–H groups in total. The smallest absolute Gasteiger partial charge is 0.328 e. The second-order valence-electron chi connectivity index (χ2n) is 15.4. The van der Waals surface area contributed by atoms with Gasteiger partial charge in [0.05, 0.1) is 52.7 Å². The largest absolute Gasteiger partial charge is 0.466 e. The fourth-order valence-electron chi connectivity index (χ4n) is 6.27. The van der Waals surface area contributed by atoms with Crippen LogP contribution in [0.4, 0.5) is 5.82 Å². The number of aromatic amines is 1. The number of nitrogens with zero attached hydrogens (tertiary/aromatic N) is 3. The lowest BCUT2D eigenvalue weighted by Gasteiger charge is -2.25. The third-order valence-corrected chi connectivity index (χ3v) is 9.86. The zero-order chi connectivity index (χ0) is 48.6. The predicted molar refractivity (Wildman–Crippen MR) is 249 cm³/mol. The van der Waals surface area contributed by atoms with E-state index in [4.69, 9.17) is 24.7 Å². The number of imidazole rings is 1. The molecule has 0 bridgehead atoms. The number of nitrogen functional groups attached to an aromatic ring is 1. The molecule has 0 fully saturated rings. The minimum atomic E-state index is -1.13. The molecule has 0 saturated carbocycles. The van der Waals surface area contributed by atoms with Gasteiger partial charge in [-0.15, -0.1) is 0 Å². The van der Waals surface area contributed by atoms with Crippen LogP contribution in [0.3, 0.4) is 0 Å². The molecule has 0 saturated heterocycles. The zero-order valence-corrected chi connectivity index (χ0v) is 38.4. The third kappa shape index (κ3) is 18.0. The monoisotopic (exact) mass is 930 g/mol. The molecule has 4 rings (SSSR count). The van der Waals surface area contributed by atoms with Crippen molar-refractivity contribution in [1.29, 1.82) is 0 Å². The zero-order valence-electron chi connectivity index (χ0n) is 38.4. The molecule has 21 nitrogen and oxygen atoms in total.